The number of hydrogen-bond acceptors (Lipinski definition) is 8. The molecule has 9 heteroatoms. The molecule has 1 atom stereocenters. The third-order valence-corrected chi connectivity index (χ3v) is 6.18. The molecule has 4 rings (SSSR count). The van der Waals surface area contributed by atoms with Crippen molar-refractivity contribution in [2.24, 2.45) is 0 Å². The lowest BCUT2D eigenvalue weighted by atomic mass is 9.99. The van der Waals surface area contributed by atoms with Crippen molar-refractivity contribution in [2.45, 2.75) is 58.8 Å². The molecule has 1 N–H and O–H groups in total. The predicted molar refractivity (Wildman–Crippen MR) is 154 cm³/mol. The number of carbonyl (C=O) groups is 2. The fourth-order valence-electron chi connectivity index (χ4n) is 4.25. The average Bonchev–Trinajstić information content (AvgIpc) is 3.44. The highest BCUT2D eigenvalue weighted by molar-refractivity contribution is 5.88. The number of nitrogens with one attached hydrogen (secondary N) is 1. The quantitative estimate of drug-likeness (QED) is 0.211. The molecule has 0 saturated heterocycles. The van der Waals surface area contributed by atoms with Crippen LogP contribution in [0.1, 0.15) is 66.9 Å². The maximum Gasteiger partial charge on any atom is 0.356 e. The van der Waals surface area contributed by atoms with Gasteiger partial charge in [0, 0.05) is 36.0 Å². The fraction of sp³-hybridized carbons (Fsp3) is 0.312. The van der Waals surface area contributed by atoms with Gasteiger partial charge in [0.05, 0.1) is 12.8 Å². The minimum absolute atomic E-state index is 0.164. The predicted octanol–water partition coefficient (Wildman–Crippen LogP) is 6.39. The first-order chi connectivity index (χ1) is 19.6. The number of carbonyl (C=O) groups excluding carboxylic acids is 2. The van der Waals surface area contributed by atoms with Crippen LogP contribution < -0.4 is 9.47 Å². The third kappa shape index (κ3) is 8.17. The van der Waals surface area contributed by atoms with E-state index in [1.165, 1.54) is 7.11 Å². The lowest BCUT2D eigenvalue weighted by Crippen LogP contribution is -2.24. The normalized spacial score (nSPS) is 11.9. The number of benzene rings is 2. The lowest BCUT2D eigenvalue weighted by Gasteiger charge is -2.24. The van der Waals surface area contributed by atoms with Gasteiger partial charge in [-0.15, -0.1) is 0 Å². The summed E-state index contributed by atoms with van der Waals surface area (Å²) < 4.78 is 23.1. The molecule has 2 aromatic carbocycles. The van der Waals surface area contributed by atoms with Gasteiger partial charge < -0.3 is 18.9 Å². The van der Waals surface area contributed by atoms with Gasteiger partial charge in [0.2, 0.25) is 0 Å². The lowest BCUT2D eigenvalue weighted by molar-refractivity contribution is -0.155. The second-order valence-corrected chi connectivity index (χ2v) is 10.6. The van der Waals surface area contributed by atoms with Gasteiger partial charge in [0.25, 0.3) is 0 Å². The molecule has 2 heterocycles. The Balaban J connectivity index is 1.68. The van der Waals surface area contributed by atoms with E-state index in [2.05, 4.69) is 15.2 Å². The van der Waals surface area contributed by atoms with Gasteiger partial charge in [-0.2, -0.15) is 5.10 Å². The molecule has 214 valence electrons. The molecule has 0 aliphatic rings. The monoisotopic (exact) mass is 557 g/mol. The summed E-state index contributed by atoms with van der Waals surface area (Å²) in [6, 6.07) is 18.7. The standard InChI is InChI=1S/C32H35N3O6/c1-21-9-6-7-11-24(21)28(14-15-30(36)41-32(2,3)4)40-29-17-23(39-20-22-10-8-16-33-19-22)12-13-25(29)26-18-27(35-34-26)31(37)38-5/h6-13,16-19,28H,14-15,20H2,1-5H3,(H,34,35). The molecule has 4 aromatic rings. The van der Waals surface area contributed by atoms with Crippen molar-refractivity contribution >= 4 is 11.9 Å². The van der Waals surface area contributed by atoms with Crippen LogP contribution in [0.3, 0.4) is 0 Å². The summed E-state index contributed by atoms with van der Waals surface area (Å²) >= 11 is 0. The van der Waals surface area contributed by atoms with E-state index in [4.69, 9.17) is 18.9 Å². The van der Waals surface area contributed by atoms with E-state index in [-0.39, 0.29) is 18.1 Å². The highest BCUT2D eigenvalue weighted by Crippen LogP contribution is 2.38. The molecular weight excluding hydrogens is 522 g/mol. The van der Waals surface area contributed by atoms with Gasteiger partial charge in [-0.1, -0.05) is 30.3 Å². The first kappa shape index (κ1) is 29.3. The zero-order valence-corrected chi connectivity index (χ0v) is 24.0. The molecule has 0 spiro atoms. The van der Waals surface area contributed by atoms with Crippen molar-refractivity contribution in [3.8, 4) is 22.8 Å². The van der Waals surface area contributed by atoms with E-state index >= 15 is 0 Å². The second-order valence-electron chi connectivity index (χ2n) is 10.6. The zero-order chi connectivity index (χ0) is 29.4. The van der Waals surface area contributed by atoms with Crippen LogP contribution in [-0.4, -0.2) is 39.8 Å². The van der Waals surface area contributed by atoms with E-state index in [1.54, 1.807) is 24.5 Å². The molecule has 2 aromatic heterocycles. The topological polar surface area (TPSA) is 113 Å². The summed E-state index contributed by atoms with van der Waals surface area (Å²) in [4.78, 5) is 28.8. The molecule has 0 amide bonds. The van der Waals surface area contributed by atoms with Gasteiger partial charge in [0.15, 0.2) is 0 Å². The Bertz CT molecular complexity index is 1480. The van der Waals surface area contributed by atoms with E-state index < -0.39 is 17.7 Å². The van der Waals surface area contributed by atoms with Crippen molar-refractivity contribution < 1.29 is 28.5 Å². The Labute approximate surface area is 239 Å². The summed E-state index contributed by atoms with van der Waals surface area (Å²) in [5.41, 5.74) is 3.66. The number of aromatic amines is 1. The van der Waals surface area contributed by atoms with Gasteiger partial charge in [-0.05, 0) is 69.5 Å². The Morgan fingerprint density at radius 1 is 1.02 bits per heavy atom. The third-order valence-electron chi connectivity index (χ3n) is 6.18. The van der Waals surface area contributed by atoms with Crippen LogP contribution in [0.2, 0.25) is 0 Å². The molecule has 0 radical (unpaired) electrons. The molecule has 9 nitrogen and oxygen atoms in total. The van der Waals surface area contributed by atoms with Crippen molar-refractivity contribution in [1.29, 1.82) is 0 Å². The van der Waals surface area contributed by atoms with Crippen LogP contribution in [0, 0.1) is 6.92 Å². The molecule has 41 heavy (non-hydrogen) atoms. The highest BCUT2D eigenvalue weighted by atomic mass is 16.6. The first-order valence-corrected chi connectivity index (χ1v) is 13.4. The molecule has 0 saturated carbocycles. The number of nitrogens with zero attached hydrogens (tertiary/aromatic N) is 2. The van der Waals surface area contributed by atoms with Crippen LogP contribution in [0.4, 0.5) is 0 Å². The summed E-state index contributed by atoms with van der Waals surface area (Å²) in [5.74, 6) is 0.224. The van der Waals surface area contributed by atoms with Gasteiger partial charge >= 0.3 is 11.9 Å². The summed E-state index contributed by atoms with van der Waals surface area (Å²) in [7, 11) is 1.31. The maximum atomic E-state index is 12.6. The number of rotatable bonds is 11. The first-order valence-electron chi connectivity index (χ1n) is 13.4. The van der Waals surface area contributed by atoms with E-state index in [9.17, 15) is 9.59 Å². The van der Waals surface area contributed by atoms with Gasteiger partial charge in [-0.3, -0.25) is 14.9 Å². The highest BCUT2D eigenvalue weighted by Gasteiger charge is 2.23. The molecule has 0 aliphatic heterocycles. The Hall–Kier alpha value is -4.66. The molecule has 0 fully saturated rings. The molecular formula is C32H35N3O6. The van der Waals surface area contributed by atoms with Crippen molar-refractivity contribution in [3.05, 3.63) is 95.4 Å². The number of aromatic nitrogens is 3. The van der Waals surface area contributed by atoms with Crippen LogP contribution in [0.25, 0.3) is 11.3 Å². The van der Waals surface area contributed by atoms with Crippen LogP contribution in [0.5, 0.6) is 11.5 Å². The van der Waals surface area contributed by atoms with E-state index in [1.807, 2.05) is 76.2 Å². The minimum atomic E-state index is -0.583. The summed E-state index contributed by atoms with van der Waals surface area (Å²) in [6.45, 7) is 7.85. The van der Waals surface area contributed by atoms with Crippen molar-refractivity contribution in [1.82, 2.24) is 15.2 Å². The van der Waals surface area contributed by atoms with Crippen LogP contribution in [-0.2, 0) is 20.9 Å². The van der Waals surface area contributed by atoms with Crippen LogP contribution in [0.15, 0.2) is 73.1 Å². The molecule has 0 aliphatic carbocycles. The van der Waals surface area contributed by atoms with E-state index in [0.717, 1.165) is 16.7 Å². The second kappa shape index (κ2) is 13.1. The number of methoxy groups -OCH3 is 1. The molecule has 1 unspecified atom stereocenters. The zero-order valence-electron chi connectivity index (χ0n) is 24.0. The minimum Gasteiger partial charge on any atom is -0.489 e. The number of pyridine rings is 1. The Morgan fingerprint density at radius 3 is 2.54 bits per heavy atom. The Kier molecular flexibility index (Phi) is 9.39. The number of H-pyrrole nitrogens is 1. The van der Waals surface area contributed by atoms with Crippen molar-refractivity contribution in [3.63, 3.8) is 0 Å². The number of esters is 2. The summed E-state index contributed by atoms with van der Waals surface area (Å²) in [5, 5.41) is 7.04. The van der Waals surface area contributed by atoms with E-state index in [0.29, 0.717) is 35.8 Å². The molecule has 0 bridgehead atoms. The van der Waals surface area contributed by atoms with Gasteiger partial charge in [0.1, 0.15) is 35.5 Å². The largest absolute Gasteiger partial charge is 0.489 e. The number of ether oxygens (including phenoxy) is 4. The Morgan fingerprint density at radius 2 is 1.83 bits per heavy atom. The maximum absolute atomic E-state index is 12.6. The number of aryl methyl sites for hydroxylation is 1. The average molecular weight is 558 g/mol. The smallest absolute Gasteiger partial charge is 0.356 e. The van der Waals surface area contributed by atoms with Crippen molar-refractivity contribution in [2.75, 3.05) is 7.11 Å². The fourth-order valence-corrected chi connectivity index (χ4v) is 4.25. The SMILES string of the molecule is COC(=O)c1cc(-c2ccc(OCc3cccnc3)cc2OC(CCC(=O)OC(C)(C)C)c2ccccc2C)n[nH]1. The number of hydrogen-bond donors (Lipinski definition) is 1. The van der Waals surface area contributed by atoms with Crippen LogP contribution >= 0.6 is 0 Å². The van der Waals surface area contributed by atoms with Gasteiger partial charge in [-0.25, -0.2) is 4.79 Å². The summed E-state index contributed by atoms with van der Waals surface area (Å²) in [6.07, 6.45) is 3.52.